The van der Waals surface area contributed by atoms with E-state index >= 15 is 0 Å². The Morgan fingerprint density at radius 3 is 3.19 bits per heavy atom. The number of aromatic nitrogens is 2. The number of thioether (sulfide) groups is 1. The van der Waals surface area contributed by atoms with E-state index in [0.717, 1.165) is 18.2 Å². The molecule has 1 atom stereocenters. The molecule has 0 aliphatic carbocycles. The highest BCUT2D eigenvalue weighted by molar-refractivity contribution is 7.99. The summed E-state index contributed by atoms with van der Waals surface area (Å²) in [5.74, 6) is -0.745. The Morgan fingerprint density at radius 1 is 1.62 bits per heavy atom. The number of thiophene rings is 1. The summed E-state index contributed by atoms with van der Waals surface area (Å²) in [5.41, 5.74) is 0.548. The predicted octanol–water partition coefficient (Wildman–Crippen LogP) is 1.67. The Morgan fingerprint density at radius 2 is 2.48 bits per heavy atom. The van der Waals surface area contributed by atoms with E-state index in [1.807, 2.05) is 5.38 Å². The molecule has 2 aromatic rings. The van der Waals surface area contributed by atoms with Crippen LogP contribution >= 0.6 is 23.1 Å². The van der Waals surface area contributed by atoms with Crippen molar-refractivity contribution in [2.75, 3.05) is 19.0 Å². The number of nitrogens with zero attached hydrogens (tertiary/aromatic N) is 2. The molecule has 0 amide bonds. The molecule has 0 saturated carbocycles. The van der Waals surface area contributed by atoms with E-state index in [9.17, 15) is 9.59 Å². The van der Waals surface area contributed by atoms with Crippen molar-refractivity contribution in [3.63, 3.8) is 0 Å². The minimum atomic E-state index is -0.921. The van der Waals surface area contributed by atoms with Gasteiger partial charge in [-0.2, -0.15) is 0 Å². The van der Waals surface area contributed by atoms with Gasteiger partial charge in [-0.1, -0.05) is 11.8 Å². The van der Waals surface area contributed by atoms with Gasteiger partial charge >= 0.3 is 5.97 Å². The molecule has 0 radical (unpaired) electrons. The summed E-state index contributed by atoms with van der Waals surface area (Å²) < 4.78 is 7.57. The van der Waals surface area contributed by atoms with Crippen molar-refractivity contribution in [1.82, 2.24) is 9.55 Å². The molecule has 112 valence electrons. The first-order chi connectivity index (χ1) is 10.1. The van der Waals surface area contributed by atoms with Crippen LogP contribution in [0.2, 0.25) is 0 Å². The van der Waals surface area contributed by atoms with Gasteiger partial charge in [0.15, 0.2) is 5.16 Å². The molecule has 3 rings (SSSR count). The normalized spacial score (nSPS) is 18.4. The number of carbonyl (C=O) groups is 1. The lowest BCUT2D eigenvalue weighted by molar-refractivity contribution is -0.133. The van der Waals surface area contributed by atoms with Crippen molar-refractivity contribution in [3.8, 4) is 0 Å². The fourth-order valence-corrected chi connectivity index (χ4v) is 3.81. The number of carboxylic acids is 1. The van der Waals surface area contributed by atoms with Gasteiger partial charge in [0.1, 0.15) is 4.70 Å². The van der Waals surface area contributed by atoms with Gasteiger partial charge in [0.2, 0.25) is 0 Å². The largest absolute Gasteiger partial charge is 0.481 e. The second-order valence-electron chi connectivity index (χ2n) is 4.86. The number of fused-ring (bicyclic) bond motifs is 1. The fourth-order valence-electron chi connectivity index (χ4n) is 2.31. The monoisotopic (exact) mass is 326 g/mol. The van der Waals surface area contributed by atoms with Crippen LogP contribution in [0.15, 0.2) is 21.4 Å². The Bertz CT molecular complexity index is 719. The number of rotatable bonds is 5. The molecule has 1 unspecified atom stereocenters. The van der Waals surface area contributed by atoms with Gasteiger partial charge in [0, 0.05) is 19.1 Å². The molecule has 8 heteroatoms. The van der Waals surface area contributed by atoms with E-state index in [2.05, 4.69) is 4.98 Å². The Kier molecular flexibility index (Phi) is 4.27. The average Bonchev–Trinajstić information content (AvgIpc) is 3.11. The first-order valence-electron chi connectivity index (χ1n) is 6.55. The maximum Gasteiger partial charge on any atom is 0.313 e. The smallest absolute Gasteiger partial charge is 0.313 e. The lowest BCUT2D eigenvalue weighted by atomic mass is 10.1. The van der Waals surface area contributed by atoms with Gasteiger partial charge in [-0.05, 0) is 17.9 Å². The van der Waals surface area contributed by atoms with Gasteiger partial charge in [-0.15, -0.1) is 11.3 Å². The second kappa shape index (κ2) is 6.17. The fraction of sp³-hybridized carbons (Fsp3) is 0.462. The summed E-state index contributed by atoms with van der Waals surface area (Å²) in [5, 5.41) is 11.1. The van der Waals surface area contributed by atoms with Crippen molar-refractivity contribution < 1.29 is 14.6 Å². The lowest BCUT2D eigenvalue weighted by Gasteiger charge is -2.14. The molecule has 1 N–H and O–H groups in total. The van der Waals surface area contributed by atoms with Gasteiger partial charge in [-0.25, -0.2) is 4.98 Å². The molecular weight excluding hydrogens is 312 g/mol. The first kappa shape index (κ1) is 14.6. The summed E-state index contributed by atoms with van der Waals surface area (Å²) in [6, 6.07) is 1.79. The predicted molar refractivity (Wildman–Crippen MR) is 81.2 cm³/mol. The number of carboxylic acid groups (broad SMARTS) is 1. The van der Waals surface area contributed by atoms with Gasteiger partial charge in [-0.3, -0.25) is 14.2 Å². The Balaban J connectivity index is 1.99. The maximum absolute atomic E-state index is 12.6. The summed E-state index contributed by atoms with van der Waals surface area (Å²) in [6.07, 6.45) is 0.915. The van der Waals surface area contributed by atoms with Crippen LogP contribution < -0.4 is 5.56 Å². The average molecular weight is 326 g/mol. The van der Waals surface area contributed by atoms with Crippen molar-refractivity contribution in [2.24, 2.45) is 5.92 Å². The standard InChI is InChI=1S/C13H14N2O4S2/c16-10(17)7-21-13-14-9-2-4-20-11(9)12(18)15(13)5-8-1-3-19-6-8/h2,4,8H,1,3,5-7H2,(H,16,17). The number of hydrogen-bond acceptors (Lipinski definition) is 6. The maximum atomic E-state index is 12.6. The van der Waals surface area contributed by atoms with E-state index in [4.69, 9.17) is 9.84 Å². The van der Waals surface area contributed by atoms with E-state index in [1.165, 1.54) is 11.3 Å². The van der Waals surface area contributed by atoms with Crippen LogP contribution in [-0.2, 0) is 16.1 Å². The SMILES string of the molecule is O=C(O)CSc1nc2ccsc2c(=O)n1CC1CCOC1. The third-order valence-electron chi connectivity index (χ3n) is 3.32. The Hall–Kier alpha value is -1.38. The van der Waals surface area contributed by atoms with Crippen molar-refractivity contribution in [2.45, 2.75) is 18.1 Å². The topological polar surface area (TPSA) is 81.4 Å². The van der Waals surface area contributed by atoms with Gasteiger partial charge < -0.3 is 9.84 Å². The summed E-state index contributed by atoms with van der Waals surface area (Å²) >= 11 is 2.45. The number of hydrogen-bond donors (Lipinski definition) is 1. The third-order valence-corrected chi connectivity index (χ3v) is 5.17. The molecule has 1 aliphatic rings. The van der Waals surface area contributed by atoms with E-state index < -0.39 is 5.97 Å². The van der Waals surface area contributed by atoms with Gasteiger partial charge in [0.25, 0.3) is 5.56 Å². The minimum absolute atomic E-state index is 0.0882. The van der Waals surface area contributed by atoms with Gasteiger partial charge in [0.05, 0.1) is 17.9 Å². The minimum Gasteiger partial charge on any atom is -0.481 e. The molecule has 0 aromatic carbocycles. The highest BCUT2D eigenvalue weighted by Crippen LogP contribution is 2.23. The van der Waals surface area contributed by atoms with Crippen LogP contribution in [0.5, 0.6) is 0 Å². The molecule has 0 bridgehead atoms. The molecule has 1 saturated heterocycles. The highest BCUT2D eigenvalue weighted by Gasteiger charge is 2.20. The number of ether oxygens (including phenoxy) is 1. The quantitative estimate of drug-likeness (QED) is 0.665. The molecular formula is C13H14N2O4S2. The summed E-state index contributed by atoms with van der Waals surface area (Å²) in [4.78, 5) is 27.8. The summed E-state index contributed by atoms with van der Waals surface area (Å²) in [7, 11) is 0. The van der Waals surface area contributed by atoms with E-state index in [0.29, 0.717) is 35.1 Å². The second-order valence-corrected chi connectivity index (χ2v) is 6.72. The zero-order valence-corrected chi connectivity index (χ0v) is 12.8. The van der Waals surface area contributed by atoms with Crippen LogP contribution in [0.3, 0.4) is 0 Å². The molecule has 2 aromatic heterocycles. The van der Waals surface area contributed by atoms with Crippen LogP contribution in [0.1, 0.15) is 6.42 Å². The van der Waals surface area contributed by atoms with Crippen molar-refractivity contribution in [3.05, 3.63) is 21.8 Å². The van der Waals surface area contributed by atoms with E-state index in [-0.39, 0.29) is 17.2 Å². The van der Waals surface area contributed by atoms with Crippen LogP contribution in [0.25, 0.3) is 10.2 Å². The molecule has 1 aliphatic heterocycles. The lowest BCUT2D eigenvalue weighted by Crippen LogP contribution is -2.26. The van der Waals surface area contributed by atoms with Crippen molar-refractivity contribution in [1.29, 1.82) is 0 Å². The number of aliphatic carboxylic acids is 1. The van der Waals surface area contributed by atoms with Crippen LogP contribution in [0.4, 0.5) is 0 Å². The van der Waals surface area contributed by atoms with Crippen LogP contribution in [0, 0.1) is 5.92 Å². The summed E-state index contributed by atoms with van der Waals surface area (Å²) in [6.45, 7) is 1.88. The molecule has 0 spiro atoms. The highest BCUT2D eigenvalue weighted by atomic mass is 32.2. The molecule has 21 heavy (non-hydrogen) atoms. The molecule has 6 nitrogen and oxygen atoms in total. The first-order valence-corrected chi connectivity index (χ1v) is 8.42. The zero-order chi connectivity index (χ0) is 14.8. The van der Waals surface area contributed by atoms with Crippen LogP contribution in [-0.4, -0.2) is 39.6 Å². The van der Waals surface area contributed by atoms with E-state index in [1.54, 1.807) is 10.6 Å². The zero-order valence-electron chi connectivity index (χ0n) is 11.2. The Labute approximate surface area is 128 Å². The molecule has 3 heterocycles. The third kappa shape index (κ3) is 3.12. The van der Waals surface area contributed by atoms with Crippen molar-refractivity contribution >= 4 is 39.3 Å². The molecule has 1 fully saturated rings.